The number of fused-ring (bicyclic) bond motifs is 3. The normalized spacial score (nSPS) is 36.8. The van der Waals surface area contributed by atoms with E-state index in [2.05, 4.69) is 54.1 Å². The molecule has 4 nitrogen and oxygen atoms in total. The third-order valence-corrected chi connectivity index (χ3v) is 9.12. The van der Waals surface area contributed by atoms with Crippen molar-refractivity contribution in [3.8, 4) is 0 Å². The summed E-state index contributed by atoms with van der Waals surface area (Å²) in [5.41, 5.74) is 0.991. The van der Waals surface area contributed by atoms with Gasteiger partial charge >= 0.3 is 0 Å². The minimum absolute atomic E-state index is 0.0661. The van der Waals surface area contributed by atoms with Gasteiger partial charge in [0.1, 0.15) is 5.78 Å². The average molecular weight is 520 g/mol. The molecular formula is C28H39BrO4. The second-order valence-electron chi connectivity index (χ2n) is 10.5. The lowest BCUT2D eigenvalue weighted by Crippen LogP contribution is -2.63. The van der Waals surface area contributed by atoms with E-state index in [1.807, 2.05) is 25.1 Å². The molecule has 2 saturated carbocycles. The average Bonchev–Trinajstić information content (AvgIpc) is 2.80. The van der Waals surface area contributed by atoms with Gasteiger partial charge in [-0.3, -0.25) is 4.79 Å². The largest absolute Gasteiger partial charge is 0.376 e. The maximum atomic E-state index is 12.9. The Kier molecular flexibility index (Phi) is 8.15. The second-order valence-corrected chi connectivity index (χ2v) is 11.2. The fourth-order valence-electron chi connectivity index (χ4n) is 7.13. The van der Waals surface area contributed by atoms with E-state index >= 15 is 0 Å². The molecule has 0 bridgehead atoms. The van der Waals surface area contributed by atoms with Crippen molar-refractivity contribution in [2.24, 2.45) is 28.6 Å². The molecule has 0 aromatic heterocycles. The number of hydrogen-bond donors (Lipinski definition) is 0. The van der Waals surface area contributed by atoms with Gasteiger partial charge in [-0.05, 0) is 54.9 Å². The highest BCUT2D eigenvalue weighted by atomic mass is 79.9. The van der Waals surface area contributed by atoms with Crippen LogP contribution in [0.5, 0.6) is 0 Å². The molecule has 0 heterocycles. The number of alkyl halides is 1. The molecule has 4 rings (SSSR count). The summed E-state index contributed by atoms with van der Waals surface area (Å²) in [7, 11) is 0. The Hall–Kier alpha value is -1.01. The van der Waals surface area contributed by atoms with Crippen LogP contribution < -0.4 is 0 Å². The molecule has 5 heteroatoms. The van der Waals surface area contributed by atoms with Gasteiger partial charge in [-0.25, -0.2) is 0 Å². The summed E-state index contributed by atoms with van der Waals surface area (Å²) in [6.07, 6.45) is 8.51. The maximum absolute atomic E-state index is 12.9. The van der Waals surface area contributed by atoms with Crippen molar-refractivity contribution < 1.29 is 19.0 Å². The van der Waals surface area contributed by atoms with Crippen LogP contribution in [0.2, 0.25) is 0 Å². The van der Waals surface area contributed by atoms with Gasteiger partial charge in [-0.2, -0.15) is 0 Å². The maximum Gasteiger partial charge on any atom is 0.167 e. The highest BCUT2D eigenvalue weighted by molar-refractivity contribution is 9.09. The van der Waals surface area contributed by atoms with Crippen molar-refractivity contribution in [3.63, 3.8) is 0 Å². The van der Waals surface area contributed by atoms with Gasteiger partial charge in [0.2, 0.25) is 0 Å². The molecular weight excluding hydrogens is 480 g/mol. The van der Waals surface area contributed by atoms with E-state index in [-0.39, 0.29) is 23.2 Å². The van der Waals surface area contributed by atoms with E-state index in [0.717, 1.165) is 24.8 Å². The Balaban J connectivity index is 1.67. The predicted molar refractivity (Wildman–Crippen MR) is 134 cm³/mol. The van der Waals surface area contributed by atoms with Gasteiger partial charge < -0.3 is 14.2 Å². The third-order valence-electron chi connectivity index (χ3n) is 8.59. The second kappa shape index (κ2) is 10.7. The predicted octanol–water partition coefficient (Wildman–Crippen LogP) is 6.32. The number of Topliss-reactive ketones (excluding diaryl/α,β-unsaturated/α-hetero) is 1. The van der Waals surface area contributed by atoms with Crippen molar-refractivity contribution >= 4 is 21.7 Å². The van der Waals surface area contributed by atoms with Crippen molar-refractivity contribution in [1.82, 2.24) is 0 Å². The Morgan fingerprint density at radius 3 is 2.76 bits per heavy atom. The molecule has 182 valence electrons. The number of carbonyl (C=O) groups is 1. The number of ether oxygens (including phenoxy) is 3. The van der Waals surface area contributed by atoms with Crippen LogP contribution in [0.15, 0.2) is 42.5 Å². The number of hydrogen-bond acceptors (Lipinski definition) is 4. The van der Waals surface area contributed by atoms with Crippen LogP contribution >= 0.6 is 15.9 Å². The summed E-state index contributed by atoms with van der Waals surface area (Å²) in [4.78, 5) is 12.9. The summed E-state index contributed by atoms with van der Waals surface area (Å²) >= 11 is 3.58. The highest BCUT2D eigenvalue weighted by Crippen LogP contribution is 2.64. The fourth-order valence-corrected chi connectivity index (χ4v) is 7.47. The topological polar surface area (TPSA) is 44.8 Å². The van der Waals surface area contributed by atoms with E-state index in [1.54, 1.807) is 0 Å². The van der Waals surface area contributed by atoms with E-state index in [0.29, 0.717) is 61.5 Å². The molecule has 3 aliphatic rings. The van der Waals surface area contributed by atoms with Crippen LogP contribution in [0.3, 0.4) is 0 Å². The number of carbonyl (C=O) groups excluding carboxylic acids is 1. The van der Waals surface area contributed by atoms with E-state index in [9.17, 15) is 4.79 Å². The standard InChI is InChI=1S/C28H39BrO4/c1-4-32-26(17-29)33-25-15-23-20(2)9-8-14-27(23,3)24-13-12-22(30)16-28(24,25)19-31-18-21-10-6-5-7-11-21/h5-11,20,23-26H,4,12-19H2,1-3H3/t20-,23+,24-,25?,26+,27+,28-/m1/s1. The molecule has 0 saturated heterocycles. The fraction of sp³-hybridized carbons (Fsp3) is 0.679. The zero-order valence-corrected chi connectivity index (χ0v) is 21.9. The first-order valence-corrected chi connectivity index (χ1v) is 13.7. The Bertz CT molecular complexity index is 826. The van der Waals surface area contributed by atoms with Crippen LogP contribution in [0, 0.1) is 28.6 Å². The van der Waals surface area contributed by atoms with Crippen LogP contribution in [0.1, 0.15) is 58.4 Å². The number of allylic oxidation sites excluding steroid dienone is 2. The first-order chi connectivity index (χ1) is 15.9. The van der Waals surface area contributed by atoms with Crippen LogP contribution in [-0.2, 0) is 25.6 Å². The number of halogens is 1. The molecule has 7 atom stereocenters. The summed E-state index contributed by atoms with van der Waals surface area (Å²) in [5.74, 6) is 1.76. The molecule has 3 aliphatic carbocycles. The number of rotatable bonds is 9. The van der Waals surface area contributed by atoms with Crippen molar-refractivity contribution in [3.05, 3.63) is 48.0 Å². The lowest BCUT2D eigenvalue weighted by molar-refractivity contribution is -0.255. The molecule has 0 spiro atoms. The van der Waals surface area contributed by atoms with Gasteiger partial charge in [-0.15, -0.1) is 0 Å². The lowest BCUT2D eigenvalue weighted by atomic mass is 9.43. The molecule has 0 radical (unpaired) electrons. The monoisotopic (exact) mass is 518 g/mol. The zero-order chi connectivity index (χ0) is 23.5. The number of benzene rings is 1. The Labute approximate surface area is 207 Å². The molecule has 33 heavy (non-hydrogen) atoms. The van der Waals surface area contributed by atoms with Crippen LogP contribution in [0.4, 0.5) is 0 Å². The van der Waals surface area contributed by atoms with Crippen molar-refractivity contribution in [1.29, 1.82) is 0 Å². The SMILES string of the molecule is CCO[C@H](CBr)OC1C[C@H]2[C@H](C)C=CC[C@]2(C)[C@H]2CCC(=O)C[C@]12COCc1ccccc1. The van der Waals surface area contributed by atoms with Crippen molar-refractivity contribution in [2.45, 2.75) is 71.9 Å². The first-order valence-electron chi connectivity index (χ1n) is 12.6. The van der Waals surface area contributed by atoms with Gasteiger partial charge in [0, 0.05) is 24.9 Å². The van der Waals surface area contributed by atoms with Crippen LogP contribution in [0.25, 0.3) is 0 Å². The summed E-state index contributed by atoms with van der Waals surface area (Å²) in [5, 5.41) is 0.619. The third kappa shape index (κ3) is 5.03. The molecule has 0 aliphatic heterocycles. The van der Waals surface area contributed by atoms with E-state index < -0.39 is 0 Å². The first kappa shape index (κ1) is 25.1. The van der Waals surface area contributed by atoms with Gasteiger partial charge in [-0.1, -0.05) is 72.3 Å². The Morgan fingerprint density at radius 1 is 1.24 bits per heavy atom. The number of ketones is 1. The molecule has 0 N–H and O–H groups in total. The van der Waals surface area contributed by atoms with Gasteiger partial charge in [0.05, 0.1) is 24.6 Å². The minimum atomic E-state index is -0.322. The summed E-state index contributed by atoms with van der Waals surface area (Å²) in [6.45, 7) is 8.50. The minimum Gasteiger partial charge on any atom is -0.376 e. The van der Waals surface area contributed by atoms with E-state index in [4.69, 9.17) is 14.2 Å². The van der Waals surface area contributed by atoms with Gasteiger partial charge in [0.25, 0.3) is 0 Å². The molecule has 1 unspecified atom stereocenters. The summed E-state index contributed by atoms with van der Waals surface area (Å²) < 4.78 is 19.0. The lowest BCUT2D eigenvalue weighted by Gasteiger charge is -2.63. The Morgan fingerprint density at radius 2 is 2.03 bits per heavy atom. The zero-order valence-electron chi connectivity index (χ0n) is 20.3. The van der Waals surface area contributed by atoms with Crippen LogP contribution in [-0.4, -0.2) is 36.7 Å². The van der Waals surface area contributed by atoms with Crippen molar-refractivity contribution in [2.75, 3.05) is 18.5 Å². The molecule has 2 fully saturated rings. The molecule has 1 aromatic rings. The highest BCUT2D eigenvalue weighted by Gasteiger charge is 2.63. The quantitative estimate of drug-likeness (QED) is 0.218. The molecule has 1 aromatic carbocycles. The van der Waals surface area contributed by atoms with E-state index in [1.165, 1.54) is 0 Å². The van der Waals surface area contributed by atoms with Gasteiger partial charge in [0.15, 0.2) is 6.29 Å². The summed E-state index contributed by atoms with van der Waals surface area (Å²) in [6, 6.07) is 10.3. The molecule has 0 amide bonds. The smallest absolute Gasteiger partial charge is 0.167 e.